The van der Waals surface area contributed by atoms with Crippen molar-refractivity contribution in [3.8, 4) is 0 Å². The van der Waals surface area contributed by atoms with Crippen molar-refractivity contribution in [2.45, 2.75) is 24.0 Å². The zero-order chi connectivity index (χ0) is 18.5. The number of aromatic nitrogens is 2. The van der Waals surface area contributed by atoms with Gasteiger partial charge in [0.15, 0.2) is 0 Å². The second-order valence-electron chi connectivity index (χ2n) is 5.72. The first-order chi connectivity index (χ1) is 12.5. The molecule has 2 atom stereocenters. The lowest BCUT2D eigenvalue weighted by Crippen LogP contribution is -2.17. The van der Waals surface area contributed by atoms with E-state index in [1.807, 2.05) is 47.2 Å². The molecule has 0 N–H and O–H groups in total. The van der Waals surface area contributed by atoms with Gasteiger partial charge in [-0.2, -0.15) is 0 Å². The van der Waals surface area contributed by atoms with E-state index in [1.54, 1.807) is 30.4 Å². The third-order valence-electron chi connectivity index (χ3n) is 3.99. The summed E-state index contributed by atoms with van der Waals surface area (Å²) in [6.45, 7) is 2.07. The van der Waals surface area contributed by atoms with Crippen LogP contribution in [0.1, 0.15) is 24.6 Å². The molecule has 26 heavy (non-hydrogen) atoms. The fraction of sp³-hybridized carbons (Fsp3) is 0.211. The van der Waals surface area contributed by atoms with Gasteiger partial charge in [0.25, 0.3) is 0 Å². The summed E-state index contributed by atoms with van der Waals surface area (Å²) in [5.74, 6) is 0.476. The minimum atomic E-state index is -0.242. The van der Waals surface area contributed by atoms with E-state index >= 15 is 0 Å². The maximum absolute atomic E-state index is 6.43. The molecule has 3 nitrogen and oxygen atoms in total. The average molecular weight is 428 g/mol. The molecule has 0 aliphatic carbocycles. The van der Waals surface area contributed by atoms with Gasteiger partial charge in [-0.1, -0.05) is 52.6 Å². The summed E-state index contributed by atoms with van der Waals surface area (Å²) in [4.78, 5) is 5.22. The van der Waals surface area contributed by atoms with Gasteiger partial charge in [0.2, 0.25) is 0 Å². The standard InChI is InChI=1S/C19H17Cl3N2OS/c1-13(24-9-8-23-11-24)19(17-7-4-15(21)10-18(17)22)25-12-26-16-5-2-14(20)3-6-16/h2-11,13,19H,12H2,1H3. The number of benzene rings is 2. The number of nitrogens with zero attached hydrogens (tertiary/aromatic N) is 2. The van der Waals surface area contributed by atoms with Crippen molar-refractivity contribution in [3.63, 3.8) is 0 Å². The highest BCUT2D eigenvalue weighted by Gasteiger charge is 2.24. The highest BCUT2D eigenvalue weighted by atomic mass is 35.5. The van der Waals surface area contributed by atoms with Crippen molar-refractivity contribution in [3.05, 3.63) is 81.8 Å². The zero-order valence-electron chi connectivity index (χ0n) is 14.0. The van der Waals surface area contributed by atoms with Crippen LogP contribution in [0.25, 0.3) is 0 Å². The van der Waals surface area contributed by atoms with E-state index in [0.717, 1.165) is 15.5 Å². The van der Waals surface area contributed by atoms with Crippen LogP contribution in [0.15, 0.2) is 66.1 Å². The molecule has 0 saturated carbocycles. The number of thioether (sulfide) groups is 1. The van der Waals surface area contributed by atoms with Gasteiger partial charge in [0, 0.05) is 37.9 Å². The maximum atomic E-state index is 6.43. The molecule has 0 aliphatic heterocycles. The fourth-order valence-electron chi connectivity index (χ4n) is 2.59. The fourth-order valence-corrected chi connectivity index (χ4v) is 3.92. The second kappa shape index (κ2) is 9.16. The molecule has 136 valence electrons. The Hall–Kier alpha value is -1.17. The van der Waals surface area contributed by atoms with Gasteiger partial charge in [-0.15, -0.1) is 0 Å². The molecule has 0 saturated heterocycles. The van der Waals surface area contributed by atoms with Crippen molar-refractivity contribution in [2.24, 2.45) is 0 Å². The van der Waals surface area contributed by atoms with Crippen molar-refractivity contribution in [1.82, 2.24) is 9.55 Å². The van der Waals surface area contributed by atoms with E-state index in [9.17, 15) is 0 Å². The molecule has 0 fully saturated rings. The number of hydrogen-bond acceptors (Lipinski definition) is 3. The van der Waals surface area contributed by atoms with Crippen LogP contribution in [0.4, 0.5) is 0 Å². The molecule has 7 heteroatoms. The highest BCUT2D eigenvalue weighted by Crippen LogP contribution is 2.36. The van der Waals surface area contributed by atoms with Gasteiger partial charge in [-0.25, -0.2) is 4.98 Å². The van der Waals surface area contributed by atoms with Gasteiger partial charge >= 0.3 is 0 Å². The highest BCUT2D eigenvalue weighted by molar-refractivity contribution is 7.99. The number of halogens is 3. The van der Waals surface area contributed by atoms with E-state index in [2.05, 4.69) is 11.9 Å². The molecule has 1 heterocycles. The van der Waals surface area contributed by atoms with E-state index in [0.29, 0.717) is 16.0 Å². The Morgan fingerprint density at radius 1 is 1.08 bits per heavy atom. The van der Waals surface area contributed by atoms with Crippen molar-refractivity contribution < 1.29 is 4.74 Å². The van der Waals surface area contributed by atoms with Crippen molar-refractivity contribution in [1.29, 1.82) is 0 Å². The second-order valence-corrected chi connectivity index (χ2v) is 8.00. The Labute approximate surface area is 172 Å². The Kier molecular flexibility index (Phi) is 6.90. The predicted octanol–water partition coefficient (Wildman–Crippen LogP) is 6.91. The monoisotopic (exact) mass is 426 g/mol. The van der Waals surface area contributed by atoms with Crippen LogP contribution >= 0.6 is 46.6 Å². The Morgan fingerprint density at radius 2 is 1.81 bits per heavy atom. The quantitative estimate of drug-likeness (QED) is 0.303. The summed E-state index contributed by atoms with van der Waals surface area (Å²) in [5.41, 5.74) is 0.897. The first-order valence-corrected chi connectivity index (χ1v) is 10.1. The van der Waals surface area contributed by atoms with E-state index in [-0.39, 0.29) is 12.1 Å². The van der Waals surface area contributed by atoms with Crippen LogP contribution in [-0.4, -0.2) is 15.5 Å². The van der Waals surface area contributed by atoms with Crippen molar-refractivity contribution in [2.75, 3.05) is 5.94 Å². The Balaban J connectivity index is 1.77. The third-order valence-corrected chi connectivity index (χ3v) is 5.66. The summed E-state index contributed by atoms with van der Waals surface area (Å²) in [7, 11) is 0. The number of rotatable bonds is 7. The van der Waals surface area contributed by atoms with Gasteiger partial charge in [-0.3, -0.25) is 0 Å². The van der Waals surface area contributed by atoms with E-state index in [1.165, 1.54) is 0 Å². The maximum Gasteiger partial charge on any atom is 0.105 e. The van der Waals surface area contributed by atoms with Crippen LogP contribution in [0, 0.1) is 0 Å². The normalized spacial score (nSPS) is 13.5. The van der Waals surface area contributed by atoms with Gasteiger partial charge < -0.3 is 9.30 Å². The van der Waals surface area contributed by atoms with Crippen LogP contribution in [-0.2, 0) is 4.74 Å². The summed E-state index contributed by atoms with van der Waals surface area (Å²) in [5, 5.41) is 1.91. The lowest BCUT2D eigenvalue weighted by atomic mass is 10.0. The minimum absolute atomic E-state index is 0.0157. The third kappa shape index (κ3) is 4.96. The lowest BCUT2D eigenvalue weighted by Gasteiger charge is -2.26. The molecule has 0 aliphatic rings. The smallest absolute Gasteiger partial charge is 0.105 e. The topological polar surface area (TPSA) is 27.1 Å². The van der Waals surface area contributed by atoms with Gasteiger partial charge in [0.05, 0.1) is 18.3 Å². The van der Waals surface area contributed by atoms with Crippen LogP contribution in [0.5, 0.6) is 0 Å². The molecule has 3 aromatic rings. The molecule has 0 bridgehead atoms. The molecule has 2 unspecified atom stereocenters. The van der Waals surface area contributed by atoms with E-state index in [4.69, 9.17) is 39.5 Å². The van der Waals surface area contributed by atoms with Gasteiger partial charge in [-0.05, 0) is 43.3 Å². The molecular weight excluding hydrogens is 411 g/mol. The molecule has 3 rings (SSSR count). The Bertz CT molecular complexity index is 841. The first kappa shape index (κ1) is 19.6. The molecule has 0 amide bonds. The number of imidazole rings is 1. The largest absolute Gasteiger partial charge is 0.360 e. The predicted molar refractivity (Wildman–Crippen MR) is 109 cm³/mol. The number of hydrogen-bond donors (Lipinski definition) is 0. The summed E-state index contributed by atoms with van der Waals surface area (Å²) in [6.07, 6.45) is 5.20. The molecule has 2 aromatic carbocycles. The first-order valence-electron chi connectivity index (χ1n) is 7.97. The zero-order valence-corrected chi connectivity index (χ0v) is 17.1. The number of ether oxygens (including phenoxy) is 1. The molecular formula is C19H17Cl3N2OS. The van der Waals surface area contributed by atoms with Crippen LogP contribution in [0.3, 0.4) is 0 Å². The lowest BCUT2D eigenvalue weighted by molar-refractivity contribution is 0.0514. The van der Waals surface area contributed by atoms with E-state index < -0.39 is 0 Å². The SMILES string of the molecule is CC(C(OCSc1ccc(Cl)cc1)c1ccc(Cl)cc1Cl)n1ccnc1. The van der Waals surface area contributed by atoms with Crippen LogP contribution in [0.2, 0.25) is 15.1 Å². The summed E-state index contributed by atoms with van der Waals surface area (Å²) < 4.78 is 8.23. The molecule has 0 radical (unpaired) electrons. The summed E-state index contributed by atoms with van der Waals surface area (Å²) >= 11 is 20.0. The average Bonchev–Trinajstić information content (AvgIpc) is 3.15. The summed E-state index contributed by atoms with van der Waals surface area (Å²) in [6, 6.07) is 13.2. The van der Waals surface area contributed by atoms with Gasteiger partial charge in [0.1, 0.15) is 6.10 Å². The minimum Gasteiger partial charge on any atom is -0.360 e. The Morgan fingerprint density at radius 3 is 2.46 bits per heavy atom. The van der Waals surface area contributed by atoms with Crippen LogP contribution < -0.4 is 0 Å². The van der Waals surface area contributed by atoms with Crippen molar-refractivity contribution >= 4 is 46.6 Å². The molecule has 0 spiro atoms. The molecule has 1 aromatic heterocycles.